The van der Waals surface area contributed by atoms with Gasteiger partial charge in [0.2, 0.25) is 0 Å². The molecule has 20 heavy (non-hydrogen) atoms. The van der Waals surface area contributed by atoms with E-state index in [4.69, 9.17) is 0 Å². The van der Waals surface area contributed by atoms with Crippen molar-refractivity contribution in [3.63, 3.8) is 0 Å². The van der Waals surface area contributed by atoms with E-state index in [1.54, 1.807) is 12.1 Å². The Kier molecular flexibility index (Phi) is 4.88. The normalized spacial score (nSPS) is 10.3. The van der Waals surface area contributed by atoms with Crippen LogP contribution in [0.2, 0.25) is 0 Å². The van der Waals surface area contributed by atoms with Gasteiger partial charge in [-0.05, 0) is 48.4 Å². The highest BCUT2D eigenvalue weighted by molar-refractivity contribution is 5.96. The first-order valence-corrected chi connectivity index (χ1v) is 6.80. The van der Waals surface area contributed by atoms with Crippen molar-refractivity contribution in [1.82, 2.24) is 0 Å². The lowest BCUT2D eigenvalue weighted by atomic mass is 10.1. The third-order valence-corrected chi connectivity index (χ3v) is 3.18. The molecule has 3 heteroatoms. The van der Waals surface area contributed by atoms with Crippen molar-refractivity contribution in [3.8, 4) is 0 Å². The van der Waals surface area contributed by atoms with E-state index >= 15 is 0 Å². The zero-order valence-corrected chi connectivity index (χ0v) is 11.5. The topological polar surface area (TPSA) is 29.1 Å². The van der Waals surface area contributed by atoms with Crippen molar-refractivity contribution in [2.24, 2.45) is 0 Å². The average molecular weight is 271 g/mol. The second-order valence-electron chi connectivity index (χ2n) is 4.66. The number of Topliss-reactive ketones (excluding diaryl/α,β-unsaturated/α-hetero) is 1. The van der Waals surface area contributed by atoms with E-state index in [2.05, 4.69) is 5.32 Å². The summed E-state index contributed by atoms with van der Waals surface area (Å²) in [5.74, 6) is -0.0549. The summed E-state index contributed by atoms with van der Waals surface area (Å²) in [4.78, 5) is 11.5. The Morgan fingerprint density at radius 1 is 1.05 bits per heavy atom. The molecular weight excluding hydrogens is 253 g/mol. The van der Waals surface area contributed by atoms with Gasteiger partial charge in [0.15, 0.2) is 5.78 Å². The average Bonchev–Trinajstić information content (AvgIpc) is 2.49. The largest absolute Gasteiger partial charge is 0.385 e. The molecule has 0 unspecified atom stereocenters. The maximum atomic E-state index is 12.8. The fourth-order valence-corrected chi connectivity index (χ4v) is 1.98. The van der Waals surface area contributed by atoms with E-state index in [0.717, 1.165) is 29.8 Å². The second-order valence-corrected chi connectivity index (χ2v) is 4.66. The molecule has 2 aromatic rings. The van der Waals surface area contributed by atoms with Crippen LogP contribution >= 0.6 is 0 Å². The number of anilines is 1. The van der Waals surface area contributed by atoms with Crippen molar-refractivity contribution in [3.05, 3.63) is 65.5 Å². The number of benzene rings is 2. The van der Waals surface area contributed by atoms with Gasteiger partial charge in [0.25, 0.3) is 0 Å². The van der Waals surface area contributed by atoms with Crippen LogP contribution in [0.4, 0.5) is 10.1 Å². The van der Waals surface area contributed by atoms with Gasteiger partial charge in [-0.15, -0.1) is 0 Å². The molecule has 0 heterocycles. The Bertz CT molecular complexity index is 561. The summed E-state index contributed by atoms with van der Waals surface area (Å²) in [6.45, 7) is 2.63. The van der Waals surface area contributed by atoms with Crippen LogP contribution in [0.1, 0.15) is 29.3 Å². The molecule has 0 fully saturated rings. The SMILES string of the molecule is CCC(=O)c1ccc(NCCc2ccc(F)cc2)cc1. The Morgan fingerprint density at radius 2 is 1.70 bits per heavy atom. The molecule has 0 spiro atoms. The summed E-state index contributed by atoms with van der Waals surface area (Å²) >= 11 is 0. The van der Waals surface area contributed by atoms with Gasteiger partial charge in [-0.2, -0.15) is 0 Å². The number of hydrogen-bond donors (Lipinski definition) is 1. The summed E-state index contributed by atoms with van der Waals surface area (Å²) < 4.78 is 12.8. The van der Waals surface area contributed by atoms with Crippen LogP contribution in [-0.2, 0) is 6.42 Å². The molecule has 104 valence electrons. The molecule has 0 aliphatic heterocycles. The first-order valence-electron chi connectivity index (χ1n) is 6.80. The molecule has 0 saturated heterocycles. The van der Waals surface area contributed by atoms with Crippen LogP contribution in [-0.4, -0.2) is 12.3 Å². The Balaban J connectivity index is 1.85. The number of ketones is 1. The lowest BCUT2D eigenvalue weighted by Gasteiger charge is -2.07. The van der Waals surface area contributed by atoms with Crippen LogP contribution in [0.3, 0.4) is 0 Å². The summed E-state index contributed by atoms with van der Waals surface area (Å²) in [5.41, 5.74) is 2.83. The van der Waals surface area contributed by atoms with E-state index in [-0.39, 0.29) is 11.6 Å². The van der Waals surface area contributed by atoms with Crippen molar-refractivity contribution in [2.45, 2.75) is 19.8 Å². The Labute approximate surface area is 118 Å². The number of carbonyl (C=O) groups excluding carboxylic acids is 1. The van der Waals surface area contributed by atoms with E-state index in [9.17, 15) is 9.18 Å². The van der Waals surface area contributed by atoms with Crippen molar-refractivity contribution >= 4 is 11.5 Å². The van der Waals surface area contributed by atoms with E-state index in [1.807, 2.05) is 31.2 Å². The van der Waals surface area contributed by atoms with Gasteiger partial charge in [0, 0.05) is 24.2 Å². The fraction of sp³-hybridized carbons (Fsp3) is 0.235. The zero-order chi connectivity index (χ0) is 14.4. The number of hydrogen-bond acceptors (Lipinski definition) is 2. The van der Waals surface area contributed by atoms with Crippen LogP contribution in [0, 0.1) is 5.82 Å². The quantitative estimate of drug-likeness (QED) is 0.802. The highest BCUT2D eigenvalue weighted by atomic mass is 19.1. The Hall–Kier alpha value is -2.16. The molecular formula is C17H18FNO. The van der Waals surface area contributed by atoms with Crippen LogP contribution in [0.15, 0.2) is 48.5 Å². The van der Waals surface area contributed by atoms with Gasteiger partial charge in [-0.25, -0.2) is 4.39 Å². The van der Waals surface area contributed by atoms with Gasteiger partial charge in [-0.3, -0.25) is 4.79 Å². The molecule has 0 aliphatic rings. The molecule has 0 saturated carbocycles. The van der Waals surface area contributed by atoms with E-state index < -0.39 is 0 Å². The van der Waals surface area contributed by atoms with Gasteiger partial charge in [0.05, 0.1) is 0 Å². The first kappa shape index (κ1) is 14.3. The van der Waals surface area contributed by atoms with E-state index in [0.29, 0.717) is 6.42 Å². The molecule has 0 radical (unpaired) electrons. The van der Waals surface area contributed by atoms with Gasteiger partial charge < -0.3 is 5.32 Å². The molecule has 1 N–H and O–H groups in total. The minimum absolute atomic E-state index is 0.155. The summed E-state index contributed by atoms with van der Waals surface area (Å²) in [6.07, 6.45) is 1.35. The highest BCUT2D eigenvalue weighted by Gasteiger charge is 2.02. The number of carbonyl (C=O) groups is 1. The minimum atomic E-state index is -0.210. The predicted octanol–water partition coefficient (Wildman–Crippen LogP) is 4.07. The van der Waals surface area contributed by atoms with Crippen molar-refractivity contribution < 1.29 is 9.18 Å². The molecule has 2 rings (SSSR count). The molecule has 0 aliphatic carbocycles. The molecule has 0 bridgehead atoms. The van der Waals surface area contributed by atoms with Crippen LogP contribution in [0.5, 0.6) is 0 Å². The van der Waals surface area contributed by atoms with Crippen molar-refractivity contribution in [1.29, 1.82) is 0 Å². The summed E-state index contributed by atoms with van der Waals surface area (Å²) in [6, 6.07) is 14.0. The maximum absolute atomic E-state index is 12.8. The van der Waals surface area contributed by atoms with Crippen molar-refractivity contribution in [2.75, 3.05) is 11.9 Å². The van der Waals surface area contributed by atoms with Crippen LogP contribution in [0.25, 0.3) is 0 Å². The van der Waals surface area contributed by atoms with Gasteiger partial charge >= 0.3 is 0 Å². The maximum Gasteiger partial charge on any atom is 0.162 e. The molecule has 0 aromatic heterocycles. The third kappa shape index (κ3) is 3.92. The van der Waals surface area contributed by atoms with E-state index in [1.165, 1.54) is 12.1 Å². The zero-order valence-electron chi connectivity index (χ0n) is 11.5. The fourth-order valence-electron chi connectivity index (χ4n) is 1.98. The Morgan fingerprint density at radius 3 is 2.30 bits per heavy atom. The first-order chi connectivity index (χ1) is 9.69. The molecule has 0 amide bonds. The summed E-state index contributed by atoms with van der Waals surface area (Å²) in [7, 11) is 0. The molecule has 2 aromatic carbocycles. The number of nitrogens with one attached hydrogen (secondary N) is 1. The lowest BCUT2D eigenvalue weighted by molar-refractivity contribution is 0.0988. The number of rotatable bonds is 6. The van der Waals surface area contributed by atoms with Gasteiger partial charge in [-0.1, -0.05) is 19.1 Å². The summed E-state index contributed by atoms with van der Waals surface area (Å²) in [5, 5.41) is 3.29. The second kappa shape index (κ2) is 6.85. The third-order valence-electron chi connectivity index (χ3n) is 3.18. The lowest BCUT2D eigenvalue weighted by Crippen LogP contribution is -2.05. The molecule has 2 nitrogen and oxygen atoms in total. The number of halogens is 1. The van der Waals surface area contributed by atoms with Gasteiger partial charge in [0.1, 0.15) is 5.82 Å². The standard InChI is InChI=1S/C17H18FNO/c1-2-17(20)14-5-9-16(10-6-14)19-12-11-13-3-7-15(18)8-4-13/h3-10,19H,2,11-12H2,1H3. The smallest absolute Gasteiger partial charge is 0.162 e. The molecule has 0 atom stereocenters. The predicted molar refractivity (Wildman–Crippen MR) is 79.7 cm³/mol. The van der Waals surface area contributed by atoms with Crippen LogP contribution < -0.4 is 5.32 Å². The monoisotopic (exact) mass is 271 g/mol. The highest BCUT2D eigenvalue weighted by Crippen LogP contribution is 2.11. The minimum Gasteiger partial charge on any atom is -0.385 e.